The minimum Gasteiger partial charge on any atom is -0.372 e. The fourth-order valence-corrected chi connectivity index (χ4v) is 7.91. The van der Waals surface area contributed by atoms with Crippen LogP contribution in [0.15, 0.2) is 152 Å². The number of aryl methyl sites for hydroxylation is 1. The van der Waals surface area contributed by atoms with Gasteiger partial charge in [-0.05, 0) is 130 Å². The summed E-state index contributed by atoms with van der Waals surface area (Å²) in [7, 11) is 0. The zero-order valence-corrected chi connectivity index (χ0v) is 29.6. The van der Waals surface area contributed by atoms with Gasteiger partial charge < -0.3 is 14.6 Å². The number of nitrogens with zero attached hydrogens (tertiary/aromatic N) is 1. The van der Waals surface area contributed by atoms with E-state index in [1.165, 1.54) is 72.0 Å². The van der Waals surface area contributed by atoms with Crippen LogP contribution in [-0.4, -0.2) is 4.57 Å². The summed E-state index contributed by atoms with van der Waals surface area (Å²) in [5.74, 6) is 0. The Labute approximate surface area is 305 Å². The minimum absolute atomic E-state index is 0.565. The van der Waals surface area contributed by atoms with Crippen LogP contribution in [0.3, 0.4) is 0 Å². The molecule has 7 aromatic carbocycles. The number of para-hydroxylation sites is 1. The lowest BCUT2D eigenvalue weighted by Gasteiger charge is -2.17. The monoisotopic (exact) mass is 672 g/mol. The number of rotatable bonds is 9. The van der Waals surface area contributed by atoms with Crippen molar-refractivity contribution in [1.29, 1.82) is 0 Å². The average Bonchev–Trinajstić information content (AvgIpc) is 3.73. The van der Waals surface area contributed by atoms with Crippen LogP contribution in [0.4, 0.5) is 11.4 Å². The van der Waals surface area contributed by atoms with E-state index in [2.05, 4.69) is 176 Å². The highest BCUT2D eigenvalue weighted by Gasteiger charge is 2.22. The lowest BCUT2D eigenvalue weighted by Crippen LogP contribution is -2.00. The topological polar surface area (TPSA) is 26.2 Å². The number of aromatic nitrogens is 1. The van der Waals surface area contributed by atoms with Crippen molar-refractivity contribution in [2.75, 3.05) is 5.32 Å². The van der Waals surface area contributed by atoms with Gasteiger partial charge in [0, 0.05) is 27.8 Å². The SMILES string of the molecule is C=Cc1ccc(COCc2ccc(-n3c4ccccc4c4cc(-c5ccc(Nc6c(C)cc7c(c6C)Cc6ccccc6-7)cc5)ccc43)cc2)cc1. The highest BCUT2D eigenvalue weighted by molar-refractivity contribution is 6.10. The molecule has 0 amide bonds. The Kier molecular flexibility index (Phi) is 8.06. The summed E-state index contributed by atoms with van der Waals surface area (Å²) in [6.45, 7) is 9.45. The van der Waals surface area contributed by atoms with Crippen LogP contribution in [-0.2, 0) is 24.4 Å². The molecule has 1 aliphatic carbocycles. The maximum absolute atomic E-state index is 6.04. The molecule has 0 unspecified atom stereocenters. The number of fused-ring (bicyclic) bond motifs is 6. The zero-order chi connectivity index (χ0) is 35.2. The van der Waals surface area contributed by atoms with Crippen molar-refractivity contribution in [2.45, 2.75) is 33.5 Å². The van der Waals surface area contributed by atoms with E-state index >= 15 is 0 Å². The highest BCUT2D eigenvalue weighted by atomic mass is 16.5. The summed E-state index contributed by atoms with van der Waals surface area (Å²) in [4.78, 5) is 0. The van der Waals surface area contributed by atoms with E-state index in [9.17, 15) is 0 Å². The van der Waals surface area contributed by atoms with Gasteiger partial charge in [-0.2, -0.15) is 0 Å². The van der Waals surface area contributed by atoms with Crippen LogP contribution in [0.2, 0.25) is 0 Å². The molecule has 0 aliphatic heterocycles. The van der Waals surface area contributed by atoms with Crippen molar-refractivity contribution in [2.24, 2.45) is 0 Å². The molecule has 0 saturated heterocycles. The Morgan fingerprint density at radius 2 is 1.33 bits per heavy atom. The van der Waals surface area contributed by atoms with Gasteiger partial charge in [0.15, 0.2) is 0 Å². The summed E-state index contributed by atoms with van der Waals surface area (Å²) >= 11 is 0. The molecule has 0 radical (unpaired) electrons. The Morgan fingerprint density at radius 3 is 2.10 bits per heavy atom. The van der Waals surface area contributed by atoms with E-state index in [1.54, 1.807) is 0 Å². The van der Waals surface area contributed by atoms with Crippen LogP contribution >= 0.6 is 0 Å². The lowest BCUT2D eigenvalue weighted by molar-refractivity contribution is 0.107. The number of nitrogens with one attached hydrogen (secondary N) is 1. The van der Waals surface area contributed by atoms with Crippen molar-refractivity contribution in [3.05, 3.63) is 191 Å². The van der Waals surface area contributed by atoms with Crippen molar-refractivity contribution >= 4 is 39.3 Å². The van der Waals surface area contributed by atoms with Gasteiger partial charge in [-0.3, -0.25) is 0 Å². The fraction of sp³-hybridized carbons (Fsp3) is 0.102. The maximum atomic E-state index is 6.04. The molecular weight excluding hydrogens is 633 g/mol. The second-order valence-corrected chi connectivity index (χ2v) is 13.9. The summed E-state index contributed by atoms with van der Waals surface area (Å²) < 4.78 is 8.41. The number of hydrogen-bond acceptors (Lipinski definition) is 2. The molecule has 0 spiro atoms. The third-order valence-corrected chi connectivity index (χ3v) is 10.7. The van der Waals surface area contributed by atoms with Crippen molar-refractivity contribution < 1.29 is 4.74 Å². The van der Waals surface area contributed by atoms with Crippen molar-refractivity contribution in [3.63, 3.8) is 0 Å². The van der Waals surface area contributed by atoms with E-state index < -0.39 is 0 Å². The Hall–Kier alpha value is -6.16. The van der Waals surface area contributed by atoms with E-state index in [4.69, 9.17) is 4.74 Å². The van der Waals surface area contributed by atoms with Gasteiger partial charge in [-0.15, -0.1) is 0 Å². The van der Waals surface area contributed by atoms with Crippen LogP contribution < -0.4 is 5.32 Å². The molecular formula is C49H40N2O. The molecule has 1 heterocycles. The van der Waals surface area contributed by atoms with Crippen molar-refractivity contribution in [3.8, 4) is 27.9 Å². The number of hydrogen-bond donors (Lipinski definition) is 1. The molecule has 252 valence electrons. The van der Waals surface area contributed by atoms with Crippen LogP contribution in [0.5, 0.6) is 0 Å². The first-order valence-electron chi connectivity index (χ1n) is 18.0. The van der Waals surface area contributed by atoms with E-state index in [1.807, 2.05) is 6.08 Å². The van der Waals surface area contributed by atoms with Gasteiger partial charge in [0.2, 0.25) is 0 Å². The Bertz CT molecular complexity index is 2610. The average molecular weight is 673 g/mol. The standard InChI is InChI=1S/C49H40N2O/c1-4-34-13-15-35(16-14-34)30-52-31-36-17-24-41(25-18-36)51-47-12-8-7-11-43(47)46-28-38(21-26-48(46)51)37-19-22-40(23-20-37)50-49-32(2)27-45-42-10-6-5-9-39(42)29-44(45)33(49)3/h4-28,50H,1,29-31H2,2-3H3. The van der Waals surface area contributed by atoms with Gasteiger partial charge in [0.05, 0.1) is 24.2 Å². The normalized spacial score (nSPS) is 11.9. The lowest BCUT2D eigenvalue weighted by atomic mass is 9.96. The maximum Gasteiger partial charge on any atom is 0.0721 e. The van der Waals surface area contributed by atoms with E-state index in [0.717, 1.165) is 34.5 Å². The van der Waals surface area contributed by atoms with Crippen LogP contribution in [0, 0.1) is 13.8 Å². The fourth-order valence-electron chi connectivity index (χ4n) is 7.91. The predicted molar refractivity (Wildman–Crippen MR) is 219 cm³/mol. The molecule has 8 aromatic rings. The summed E-state index contributed by atoms with van der Waals surface area (Å²) in [5, 5.41) is 6.26. The van der Waals surface area contributed by atoms with E-state index in [0.29, 0.717) is 13.2 Å². The number of anilines is 2. The third kappa shape index (κ3) is 5.70. The second kappa shape index (κ2) is 13.2. The summed E-state index contributed by atoms with van der Waals surface area (Å²) in [5.41, 5.74) is 19.9. The summed E-state index contributed by atoms with van der Waals surface area (Å²) in [6, 6.07) is 52.6. The highest BCUT2D eigenvalue weighted by Crippen LogP contribution is 2.43. The summed E-state index contributed by atoms with van der Waals surface area (Å²) in [6.07, 6.45) is 2.85. The van der Waals surface area contributed by atoms with Gasteiger partial charge in [0.25, 0.3) is 0 Å². The molecule has 0 atom stereocenters. The molecule has 9 rings (SSSR count). The second-order valence-electron chi connectivity index (χ2n) is 13.9. The number of ether oxygens (including phenoxy) is 1. The molecule has 3 nitrogen and oxygen atoms in total. The minimum atomic E-state index is 0.565. The molecule has 1 aromatic heterocycles. The van der Waals surface area contributed by atoms with Gasteiger partial charge in [-0.25, -0.2) is 0 Å². The predicted octanol–water partition coefficient (Wildman–Crippen LogP) is 12.7. The first kappa shape index (κ1) is 31.8. The molecule has 1 aliphatic rings. The zero-order valence-electron chi connectivity index (χ0n) is 29.6. The van der Waals surface area contributed by atoms with Gasteiger partial charge in [0.1, 0.15) is 0 Å². The molecule has 0 bridgehead atoms. The van der Waals surface area contributed by atoms with E-state index in [-0.39, 0.29) is 0 Å². The molecule has 0 fully saturated rings. The molecule has 0 saturated carbocycles. The van der Waals surface area contributed by atoms with Crippen molar-refractivity contribution in [1.82, 2.24) is 4.57 Å². The smallest absolute Gasteiger partial charge is 0.0721 e. The molecule has 52 heavy (non-hydrogen) atoms. The first-order chi connectivity index (χ1) is 25.5. The Morgan fingerprint density at radius 1 is 0.654 bits per heavy atom. The van der Waals surface area contributed by atoms with Crippen LogP contribution in [0.25, 0.3) is 55.8 Å². The third-order valence-electron chi connectivity index (χ3n) is 10.7. The largest absolute Gasteiger partial charge is 0.372 e. The molecule has 1 N–H and O–H groups in total. The van der Waals surface area contributed by atoms with Crippen LogP contribution in [0.1, 0.15) is 38.9 Å². The van der Waals surface area contributed by atoms with Gasteiger partial charge >= 0.3 is 0 Å². The van der Waals surface area contributed by atoms with Gasteiger partial charge in [-0.1, -0.05) is 110 Å². The number of benzene rings is 7. The molecule has 3 heteroatoms. The quantitative estimate of drug-likeness (QED) is 0.165. The Balaban J connectivity index is 0.954. The first-order valence-corrected chi connectivity index (χ1v) is 18.0.